The highest BCUT2D eigenvalue weighted by Gasteiger charge is 2.15. The molecule has 1 amide bonds. The van der Waals surface area contributed by atoms with Crippen LogP contribution >= 0.6 is 0 Å². The van der Waals surface area contributed by atoms with Crippen molar-refractivity contribution >= 4 is 21.6 Å². The predicted octanol–water partition coefficient (Wildman–Crippen LogP) is 4.16. The van der Waals surface area contributed by atoms with Gasteiger partial charge in [0.05, 0.1) is 4.90 Å². The van der Waals surface area contributed by atoms with Crippen LogP contribution in [0.5, 0.6) is 5.75 Å². The van der Waals surface area contributed by atoms with E-state index in [9.17, 15) is 26.4 Å². The maximum Gasteiger partial charge on any atom is 0.387 e. The van der Waals surface area contributed by atoms with Crippen molar-refractivity contribution in [3.05, 3.63) is 89.7 Å². The zero-order chi connectivity index (χ0) is 22.4. The lowest BCUT2D eigenvalue weighted by Gasteiger charge is -2.10. The molecule has 0 bridgehead atoms. The number of halogens is 3. The van der Waals surface area contributed by atoms with Gasteiger partial charge in [0.15, 0.2) is 0 Å². The molecule has 0 aliphatic heterocycles. The summed E-state index contributed by atoms with van der Waals surface area (Å²) < 4.78 is 68.8. The summed E-state index contributed by atoms with van der Waals surface area (Å²) in [6.45, 7) is -2.86. The highest BCUT2D eigenvalue weighted by molar-refractivity contribution is 7.92. The van der Waals surface area contributed by atoms with Crippen LogP contribution in [0.25, 0.3) is 0 Å². The van der Waals surface area contributed by atoms with Crippen LogP contribution in [0.2, 0.25) is 0 Å². The van der Waals surface area contributed by atoms with Crippen molar-refractivity contribution < 1.29 is 31.1 Å². The number of carbonyl (C=O) groups is 1. The molecule has 0 saturated carbocycles. The first-order chi connectivity index (χ1) is 14.7. The van der Waals surface area contributed by atoms with Gasteiger partial charge in [-0.05, 0) is 66.2 Å². The average Bonchev–Trinajstić information content (AvgIpc) is 2.72. The Morgan fingerprint density at radius 2 is 1.65 bits per heavy atom. The topological polar surface area (TPSA) is 84.5 Å². The molecule has 10 heteroatoms. The monoisotopic (exact) mass is 450 g/mol. The standard InChI is InChI=1S/C21H17F3N2O4S/c22-16-6-10-19(11-7-16)31(28,29)26-17-8-4-15(5-9-17)20(27)25-13-14-2-1-3-18(12-14)30-21(23)24/h1-12,21,26H,13H2,(H,25,27). The van der Waals surface area contributed by atoms with Crippen LogP contribution in [-0.2, 0) is 16.6 Å². The number of hydrogen-bond acceptors (Lipinski definition) is 4. The quantitative estimate of drug-likeness (QED) is 0.540. The molecule has 0 radical (unpaired) electrons. The molecule has 2 N–H and O–H groups in total. The van der Waals surface area contributed by atoms with Gasteiger partial charge in [0.25, 0.3) is 15.9 Å². The molecule has 3 aromatic carbocycles. The fourth-order valence-electron chi connectivity index (χ4n) is 2.63. The third kappa shape index (κ3) is 6.22. The first-order valence-electron chi connectivity index (χ1n) is 8.93. The molecular formula is C21H17F3N2O4S. The maximum atomic E-state index is 13.0. The SMILES string of the molecule is O=C(NCc1cccc(OC(F)F)c1)c1ccc(NS(=O)(=O)c2ccc(F)cc2)cc1. The van der Waals surface area contributed by atoms with Crippen molar-refractivity contribution in [3.63, 3.8) is 0 Å². The molecule has 162 valence electrons. The molecule has 0 spiro atoms. The van der Waals surface area contributed by atoms with Crippen LogP contribution < -0.4 is 14.8 Å². The zero-order valence-electron chi connectivity index (χ0n) is 15.9. The van der Waals surface area contributed by atoms with Crippen LogP contribution in [-0.4, -0.2) is 20.9 Å². The highest BCUT2D eigenvalue weighted by Crippen LogP contribution is 2.18. The van der Waals surface area contributed by atoms with Crippen molar-refractivity contribution in [2.24, 2.45) is 0 Å². The number of rotatable bonds is 8. The fraction of sp³-hybridized carbons (Fsp3) is 0.0952. The zero-order valence-corrected chi connectivity index (χ0v) is 16.7. The van der Waals surface area contributed by atoms with E-state index in [-0.39, 0.29) is 28.4 Å². The van der Waals surface area contributed by atoms with E-state index in [0.29, 0.717) is 5.56 Å². The maximum absolute atomic E-state index is 13.0. The van der Waals surface area contributed by atoms with E-state index in [1.54, 1.807) is 6.07 Å². The Hall–Kier alpha value is -3.53. The second kappa shape index (κ2) is 9.52. The highest BCUT2D eigenvalue weighted by atomic mass is 32.2. The lowest BCUT2D eigenvalue weighted by molar-refractivity contribution is -0.0498. The third-order valence-electron chi connectivity index (χ3n) is 4.10. The second-order valence-corrected chi connectivity index (χ2v) is 8.03. The number of anilines is 1. The van der Waals surface area contributed by atoms with Gasteiger partial charge in [-0.25, -0.2) is 12.8 Å². The van der Waals surface area contributed by atoms with Crippen LogP contribution in [0.4, 0.5) is 18.9 Å². The molecule has 0 aliphatic rings. The van der Waals surface area contributed by atoms with Crippen LogP contribution in [0, 0.1) is 5.82 Å². The van der Waals surface area contributed by atoms with Crippen molar-refractivity contribution in [2.45, 2.75) is 18.1 Å². The molecule has 3 aromatic rings. The van der Waals surface area contributed by atoms with E-state index in [1.807, 2.05) is 0 Å². The third-order valence-corrected chi connectivity index (χ3v) is 5.50. The Bertz CT molecular complexity index is 1150. The molecule has 6 nitrogen and oxygen atoms in total. The van der Waals surface area contributed by atoms with E-state index in [1.165, 1.54) is 42.5 Å². The number of alkyl halides is 2. The summed E-state index contributed by atoms with van der Waals surface area (Å²) in [5.74, 6) is -1.00. The molecule has 0 saturated heterocycles. The van der Waals surface area contributed by atoms with E-state index < -0.39 is 28.4 Å². The smallest absolute Gasteiger partial charge is 0.387 e. The molecule has 0 heterocycles. The molecule has 3 rings (SSSR count). The number of ether oxygens (including phenoxy) is 1. The van der Waals surface area contributed by atoms with Crippen LogP contribution in [0.1, 0.15) is 15.9 Å². The molecule has 0 unspecified atom stereocenters. The van der Waals surface area contributed by atoms with Crippen molar-refractivity contribution in [1.29, 1.82) is 0 Å². The summed E-state index contributed by atoms with van der Waals surface area (Å²) >= 11 is 0. The minimum atomic E-state index is -3.90. The van der Waals surface area contributed by atoms with E-state index in [2.05, 4.69) is 14.8 Å². The van der Waals surface area contributed by atoms with Gasteiger partial charge in [-0.3, -0.25) is 9.52 Å². The van der Waals surface area contributed by atoms with Gasteiger partial charge >= 0.3 is 6.61 Å². The summed E-state index contributed by atoms with van der Waals surface area (Å²) in [6, 6.07) is 16.0. The van der Waals surface area contributed by atoms with Crippen LogP contribution in [0.15, 0.2) is 77.7 Å². The molecular weight excluding hydrogens is 433 g/mol. The van der Waals surface area contributed by atoms with Crippen molar-refractivity contribution in [1.82, 2.24) is 5.32 Å². The number of nitrogens with one attached hydrogen (secondary N) is 2. The number of hydrogen-bond donors (Lipinski definition) is 2. The van der Waals surface area contributed by atoms with Gasteiger partial charge in [0.1, 0.15) is 11.6 Å². The van der Waals surface area contributed by atoms with Crippen molar-refractivity contribution in [3.8, 4) is 5.75 Å². The molecule has 0 aromatic heterocycles. The Morgan fingerprint density at radius 3 is 2.29 bits per heavy atom. The molecule has 0 aliphatic carbocycles. The predicted molar refractivity (Wildman–Crippen MR) is 108 cm³/mol. The normalized spacial score (nSPS) is 11.2. The Morgan fingerprint density at radius 1 is 0.968 bits per heavy atom. The summed E-state index contributed by atoms with van der Waals surface area (Å²) in [6.07, 6.45) is 0. The van der Waals surface area contributed by atoms with E-state index in [4.69, 9.17) is 0 Å². The van der Waals surface area contributed by atoms with Gasteiger partial charge in [-0.1, -0.05) is 12.1 Å². The Labute approximate surface area is 176 Å². The molecule has 0 fully saturated rings. The van der Waals surface area contributed by atoms with Gasteiger partial charge in [0, 0.05) is 17.8 Å². The van der Waals surface area contributed by atoms with Gasteiger partial charge in [-0.2, -0.15) is 8.78 Å². The minimum absolute atomic E-state index is 0.0143. The largest absolute Gasteiger partial charge is 0.435 e. The van der Waals surface area contributed by atoms with Gasteiger partial charge in [-0.15, -0.1) is 0 Å². The lowest BCUT2D eigenvalue weighted by Crippen LogP contribution is -2.22. The number of benzene rings is 3. The summed E-state index contributed by atoms with van der Waals surface area (Å²) in [7, 11) is -3.90. The van der Waals surface area contributed by atoms with Crippen molar-refractivity contribution in [2.75, 3.05) is 4.72 Å². The number of sulfonamides is 1. The summed E-state index contributed by atoms with van der Waals surface area (Å²) in [5, 5.41) is 2.64. The van der Waals surface area contributed by atoms with E-state index in [0.717, 1.165) is 24.3 Å². The summed E-state index contributed by atoms with van der Waals surface area (Å²) in [4.78, 5) is 12.2. The minimum Gasteiger partial charge on any atom is -0.435 e. The molecule has 31 heavy (non-hydrogen) atoms. The van der Waals surface area contributed by atoms with Gasteiger partial charge < -0.3 is 10.1 Å². The van der Waals surface area contributed by atoms with E-state index >= 15 is 0 Å². The van der Waals surface area contributed by atoms with Gasteiger partial charge in [0.2, 0.25) is 0 Å². The lowest BCUT2D eigenvalue weighted by atomic mass is 10.1. The Kier molecular flexibility index (Phi) is 6.81. The average molecular weight is 450 g/mol. The second-order valence-electron chi connectivity index (χ2n) is 6.35. The first kappa shape index (κ1) is 22.2. The number of carbonyl (C=O) groups excluding carboxylic acids is 1. The summed E-state index contributed by atoms with van der Waals surface area (Å²) in [5.41, 5.74) is 1.05. The fourth-order valence-corrected chi connectivity index (χ4v) is 3.69. The Balaban J connectivity index is 1.61. The van der Waals surface area contributed by atoms with Crippen LogP contribution in [0.3, 0.4) is 0 Å². The molecule has 0 atom stereocenters. The first-order valence-corrected chi connectivity index (χ1v) is 10.4. The number of amides is 1.